The van der Waals surface area contributed by atoms with Gasteiger partial charge in [-0.3, -0.25) is 4.79 Å². The van der Waals surface area contributed by atoms with Crippen molar-refractivity contribution in [2.45, 2.75) is 309 Å². The van der Waals surface area contributed by atoms with E-state index in [1.54, 1.807) is 0 Å². The molecular weight excluding hydrogens is 831 g/mol. The minimum Gasteiger partial charge on any atom is -0.459 e. The standard InChI is InChI=1S/C64H117NO3/c1-6-10-13-16-19-22-25-28-31-34-37-40-43-46-49-52-57-62(68-63(66)58-53-56-61-65(5)9-4)64(67,59-54-50-47-44-41-38-35-32-29-26-23-20-17-14-11-7-2)60-55-51-48-45-42-39-36-33-30-27-24-21-18-15-12-8-3/h19-24,28-33,62,67H,6-18,25-27,34-61H2,1-5H3. The number of carbonyl (C=O) groups excluding carboxylic acids is 1. The molecule has 0 aromatic heterocycles. The summed E-state index contributed by atoms with van der Waals surface area (Å²) in [6.07, 6.45) is 75.9. The van der Waals surface area contributed by atoms with Gasteiger partial charge in [-0.1, -0.05) is 229 Å². The molecular formula is C64H117NO3. The number of hydrogen-bond donors (Lipinski definition) is 1. The molecule has 0 spiro atoms. The van der Waals surface area contributed by atoms with Crippen LogP contribution in [-0.4, -0.2) is 47.8 Å². The van der Waals surface area contributed by atoms with Gasteiger partial charge < -0.3 is 14.7 Å². The summed E-state index contributed by atoms with van der Waals surface area (Å²) < 4.78 is 6.40. The first kappa shape index (κ1) is 65.8. The maximum Gasteiger partial charge on any atom is 0.306 e. The Balaban J connectivity index is 5.22. The van der Waals surface area contributed by atoms with Crippen molar-refractivity contribution in [1.29, 1.82) is 0 Å². The predicted molar refractivity (Wildman–Crippen MR) is 304 cm³/mol. The molecule has 0 aliphatic rings. The zero-order valence-electron chi connectivity index (χ0n) is 46.3. The molecule has 1 N–H and O–H groups in total. The van der Waals surface area contributed by atoms with Crippen LogP contribution in [0.2, 0.25) is 0 Å². The van der Waals surface area contributed by atoms with E-state index in [4.69, 9.17) is 4.74 Å². The van der Waals surface area contributed by atoms with Crippen molar-refractivity contribution >= 4 is 5.97 Å². The first-order valence-corrected chi connectivity index (χ1v) is 29.9. The normalized spacial score (nSPS) is 13.9. The molecule has 0 rings (SSSR count). The van der Waals surface area contributed by atoms with Crippen LogP contribution < -0.4 is 0 Å². The Kier molecular flexibility index (Phi) is 52.4. The van der Waals surface area contributed by atoms with Crippen molar-refractivity contribution < 1.29 is 14.6 Å². The highest BCUT2D eigenvalue weighted by atomic mass is 16.6. The van der Waals surface area contributed by atoms with E-state index in [2.05, 4.69) is 113 Å². The first-order valence-electron chi connectivity index (χ1n) is 29.9. The molecule has 0 amide bonds. The largest absolute Gasteiger partial charge is 0.459 e. The van der Waals surface area contributed by atoms with Gasteiger partial charge in [-0.2, -0.15) is 0 Å². The smallest absolute Gasteiger partial charge is 0.306 e. The lowest BCUT2D eigenvalue weighted by molar-refractivity contribution is -0.169. The Morgan fingerprint density at radius 2 is 0.750 bits per heavy atom. The third-order valence-corrected chi connectivity index (χ3v) is 13.9. The van der Waals surface area contributed by atoms with Gasteiger partial charge in [-0.05, 0) is 155 Å². The number of rotatable bonds is 53. The van der Waals surface area contributed by atoms with Crippen LogP contribution >= 0.6 is 0 Å². The summed E-state index contributed by atoms with van der Waals surface area (Å²) in [5, 5.41) is 12.6. The summed E-state index contributed by atoms with van der Waals surface area (Å²) in [5.74, 6) is -0.110. The zero-order valence-corrected chi connectivity index (χ0v) is 46.3. The van der Waals surface area contributed by atoms with Gasteiger partial charge in [0.25, 0.3) is 0 Å². The first-order chi connectivity index (χ1) is 33.4. The number of esters is 1. The lowest BCUT2D eigenvalue weighted by Gasteiger charge is -2.36. The average Bonchev–Trinajstić information content (AvgIpc) is 3.34. The Morgan fingerprint density at radius 1 is 0.426 bits per heavy atom. The van der Waals surface area contributed by atoms with E-state index in [0.717, 1.165) is 103 Å². The topological polar surface area (TPSA) is 49.8 Å². The number of hydrogen-bond acceptors (Lipinski definition) is 4. The second kappa shape index (κ2) is 54.2. The molecule has 4 nitrogen and oxygen atoms in total. The third kappa shape index (κ3) is 47.5. The summed E-state index contributed by atoms with van der Waals surface area (Å²) in [4.78, 5) is 15.8. The quantitative estimate of drug-likeness (QED) is 0.0375. The molecule has 0 fully saturated rings. The van der Waals surface area contributed by atoms with Crippen LogP contribution in [0, 0.1) is 0 Å². The van der Waals surface area contributed by atoms with Crippen molar-refractivity contribution in [2.75, 3.05) is 20.1 Å². The Bertz CT molecular complexity index is 1160. The van der Waals surface area contributed by atoms with Crippen molar-refractivity contribution in [3.05, 3.63) is 72.9 Å². The van der Waals surface area contributed by atoms with Crippen LogP contribution in [0.15, 0.2) is 72.9 Å². The monoisotopic (exact) mass is 948 g/mol. The van der Waals surface area contributed by atoms with Crippen LogP contribution in [0.4, 0.5) is 0 Å². The molecule has 0 aliphatic carbocycles. The van der Waals surface area contributed by atoms with E-state index in [1.807, 2.05) is 0 Å². The van der Waals surface area contributed by atoms with Gasteiger partial charge in [0.2, 0.25) is 0 Å². The minimum atomic E-state index is -0.945. The van der Waals surface area contributed by atoms with Crippen LogP contribution in [0.1, 0.15) is 297 Å². The average molecular weight is 949 g/mol. The zero-order chi connectivity index (χ0) is 49.5. The lowest BCUT2D eigenvalue weighted by atomic mass is 9.82. The Morgan fingerprint density at radius 3 is 1.10 bits per heavy atom. The molecule has 0 saturated heterocycles. The molecule has 68 heavy (non-hydrogen) atoms. The van der Waals surface area contributed by atoms with E-state index >= 15 is 0 Å². The summed E-state index contributed by atoms with van der Waals surface area (Å²) in [5.41, 5.74) is -0.945. The molecule has 1 unspecified atom stereocenters. The highest BCUT2D eigenvalue weighted by Crippen LogP contribution is 2.32. The van der Waals surface area contributed by atoms with E-state index < -0.39 is 11.7 Å². The molecule has 0 bridgehead atoms. The van der Waals surface area contributed by atoms with E-state index in [1.165, 1.54) is 173 Å². The summed E-state index contributed by atoms with van der Waals surface area (Å²) in [6, 6.07) is 0. The highest BCUT2D eigenvalue weighted by molar-refractivity contribution is 5.69. The van der Waals surface area contributed by atoms with Crippen LogP contribution in [0.25, 0.3) is 0 Å². The van der Waals surface area contributed by atoms with Crippen molar-refractivity contribution in [2.24, 2.45) is 0 Å². The third-order valence-electron chi connectivity index (χ3n) is 13.9. The van der Waals surface area contributed by atoms with Crippen molar-refractivity contribution in [3.8, 4) is 0 Å². The second-order valence-electron chi connectivity index (χ2n) is 20.5. The SMILES string of the molecule is CCCCCC=CCC=CCCCCCCCCC(OC(=O)CCCCN(C)CC)C(O)(CCCCCCCCC=CCC=CCCCCC)CCCCCCCCC=CCC=CCCCCC. The Labute approximate surface area is 425 Å². The van der Waals surface area contributed by atoms with Gasteiger partial charge in [0.05, 0.1) is 0 Å². The minimum absolute atomic E-state index is 0.110. The van der Waals surface area contributed by atoms with Crippen LogP contribution in [0.3, 0.4) is 0 Å². The fourth-order valence-electron chi connectivity index (χ4n) is 9.07. The van der Waals surface area contributed by atoms with E-state index in [-0.39, 0.29) is 5.97 Å². The van der Waals surface area contributed by atoms with Gasteiger partial charge in [-0.25, -0.2) is 0 Å². The molecule has 0 aliphatic heterocycles. The molecule has 0 saturated carbocycles. The molecule has 1 atom stereocenters. The molecule has 4 heteroatoms. The van der Waals surface area contributed by atoms with E-state index in [9.17, 15) is 9.90 Å². The second-order valence-corrected chi connectivity index (χ2v) is 20.5. The number of aliphatic hydroxyl groups is 1. The number of allylic oxidation sites excluding steroid dienone is 12. The highest BCUT2D eigenvalue weighted by Gasteiger charge is 2.38. The fourth-order valence-corrected chi connectivity index (χ4v) is 9.07. The van der Waals surface area contributed by atoms with Gasteiger partial charge in [0.15, 0.2) is 0 Å². The number of ether oxygens (including phenoxy) is 1. The van der Waals surface area contributed by atoms with Crippen LogP contribution in [0.5, 0.6) is 0 Å². The van der Waals surface area contributed by atoms with Crippen LogP contribution in [-0.2, 0) is 9.53 Å². The summed E-state index contributed by atoms with van der Waals surface area (Å²) in [6.45, 7) is 11.0. The maximum atomic E-state index is 13.5. The number of unbranched alkanes of at least 4 members (excludes halogenated alkanes) is 28. The number of nitrogens with zero attached hydrogens (tertiary/aromatic N) is 1. The summed E-state index contributed by atoms with van der Waals surface area (Å²) >= 11 is 0. The van der Waals surface area contributed by atoms with Gasteiger partial charge in [0.1, 0.15) is 11.7 Å². The lowest BCUT2D eigenvalue weighted by Crippen LogP contribution is -2.45. The van der Waals surface area contributed by atoms with E-state index in [0.29, 0.717) is 6.42 Å². The van der Waals surface area contributed by atoms with Crippen molar-refractivity contribution in [3.63, 3.8) is 0 Å². The fraction of sp³-hybridized carbons (Fsp3) is 0.797. The Hall–Kier alpha value is -2.17. The predicted octanol–water partition coefficient (Wildman–Crippen LogP) is 20.4. The summed E-state index contributed by atoms with van der Waals surface area (Å²) in [7, 11) is 2.14. The van der Waals surface area contributed by atoms with Gasteiger partial charge in [0, 0.05) is 6.42 Å². The molecule has 0 heterocycles. The molecule has 396 valence electrons. The van der Waals surface area contributed by atoms with Gasteiger partial charge in [-0.15, -0.1) is 0 Å². The number of carbonyl (C=O) groups is 1. The van der Waals surface area contributed by atoms with Crippen molar-refractivity contribution in [1.82, 2.24) is 4.90 Å². The maximum absolute atomic E-state index is 13.5. The molecule has 0 radical (unpaired) electrons. The van der Waals surface area contributed by atoms with Gasteiger partial charge >= 0.3 is 5.97 Å². The molecule has 0 aromatic rings. The molecule has 0 aromatic carbocycles.